The van der Waals surface area contributed by atoms with Crippen LogP contribution in [0.4, 0.5) is 4.79 Å². The number of hydrogen-bond acceptors (Lipinski definition) is 2. The molecule has 0 aromatic heterocycles. The van der Waals surface area contributed by atoms with E-state index in [9.17, 15) is 4.79 Å². The summed E-state index contributed by atoms with van der Waals surface area (Å²) in [5, 5.41) is 3.16. The molecule has 1 heterocycles. The molecule has 1 aliphatic heterocycles. The van der Waals surface area contributed by atoms with Gasteiger partial charge in [-0.2, -0.15) is 0 Å². The lowest BCUT2D eigenvalue weighted by atomic mass is 9.76. The molecule has 4 nitrogen and oxygen atoms in total. The maximum atomic E-state index is 12.4. The number of urea groups is 1. The van der Waals surface area contributed by atoms with Gasteiger partial charge in [0.25, 0.3) is 0 Å². The molecule has 3 aliphatic rings. The Labute approximate surface area is 131 Å². The van der Waals surface area contributed by atoms with E-state index in [1.54, 1.807) is 0 Å². The number of carbonyl (C=O) groups excluding carboxylic acids is 1. The minimum Gasteiger partial charge on any atom is -0.335 e. The molecule has 0 bridgehead atoms. The third-order valence-electron chi connectivity index (χ3n) is 5.58. The highest BCUT2D eigenvalue weighted by Gasteiger charge is 2.60. The number of nitrogens with one attached hydrogen (secondary N) is 1. The molecular formula is C18H23N3O. The Morgan fingerprint density at radius 3 is 2.73 bits per heavy atom. The van der Waals surface area contributed by atoms with E-state index in [2.05, 4.69) is 36.5 Å². The third-order valence-corrected chi connectivity index (χ3v) is 5.58. The first-order valence-corrected chi connectivity index (χ1v) is 8.13. The van der Waals surface area contributed by atoms with Gasteiger partial charge in [0.1, 0.15) is 0 Å². The van der Waals surface area contributed by atoms with Crippen LogP contribution in [0, 0.1) is 12.3 Å². The van der Waals surface area contributed by atoms with Crippen LogP contribution >= 0.6 is 0 Å². The summed E-state index contributed by atoms with van der Waals surface area (Å²) < 4.78 is 0. The average Bonchev–Trinajstić information content (AvgIpc) is 2.93. The van der Waals surface area contributed by atoms with Gasteiger partial charge >= 0.3 is 6.03 Å². The van der Waals surface area contributed by atoms with Crippen molar-refractivity contribution < 1.29 is 4.79 Å². The van der Waals surface area contributed by atoms with E-state index in [0.717, 1.165) is 19.3 Å². The van der Waals surface area contributed by atoms with Crippen molar-refractivity contribution in [3.63, 3.8) is 0 Å². The van der Waals surface area contributed by atoms with Crippen molar-refractivity contribution in [1.29, 1.82) is 0 Å². The van der Waals surface area contributed by atoms with E-state index in [1.807, 2.05) is 11.0 Å². The normalized spacial score (nSPS) is 32.6. The quantitative estimate of drug-likeness (QED) is 0.880. The van der Waals surface area contributed by atoms with Crippen LogP contribution < -0.4 is 11.1 Å². The standard InChI is InChI=1S/C18H23N3O/c1-12-4-2-3-5-15(12)13-6-7-21(11-13)17(22)20-14-8-18(9-14)10-16(18)19/h2-6,14,16H,7-11,19H2,1H3,(H,20,22). The Morgan fingerprint density at radius 1 is 1.32 bits per heavy atom. The van der Waals surface area contributed by atoms with Gasteiger partial charge in [-0.1, -0.05) is 30.3 Å². The average molecular weight is 297 g/mol. The summed E-state index contributed by atoms with van der Waals surface area (Å²) >= 11 is 0. The number of nitrogens with zero attached hydrogens (tertiary/aromatic N) is 1. The molecular weight excluding hydrogens is 274 g/mol. The van der Waals surface area contributed by atoms with Crippen LogP contribution in [0.1, 0.15) is 30.4 Å². The number of rotatable bonds is 2. The summed E-state index contributed by atoms with van der Waals surface area (Å²) in [4.78, 5) is 14.3. The summed E-state index contributed by atoms with van der Waals surface area (Å²) in [5.41, 5.74) is 10.1. The zero-order chi connectivity index (χ0) is 15.3. The van der Waals surface area contributed by atoms with Gasteiger partial charge in [0.05, 0.1) is 0 Å². The molecule has 4 rings (SSSR count). The van der Waals surface area contributed by atoms with Gasteiger partial charge in [-0.25, -0.2) is 4.79 Å². The van der Waals surface area contributed by atoms with E-state index in [0.29, 0.717) is 30.6 Å². The number of amides is 2. The number of hydrogen-bond donors (Lipinski definition) is 2. The molecule has 4 heteroatoms. The molecule has 2 amide bonds. The van der Waals surface area contributed by atoms with Crippen molar-refractivity contribution in [2.24, 2.45) is 11.1 Å². The fourth-order valence-electron chi connectivity index (χ4n) is 3.98. The molecule has 1 atom stereocenters. The molecule has 1 aromatic rings. The summed E-state index contributed by atoms with van der Waals surface area (Å²) in [6.45, 7) is 3.52. The van der Waals surface area contributed by atoms with E-state index < -0.39 is 0 Å². The number of aryl methyl sites for hydroxylation is 1. The van der Waals surface area contributed by atoms with Crippen LogP contribution in [0.5, 0.6) is 0 Å². The van der Waals surface area contributed by atoms with Crippen molar-refractivity contribution in [1.82, 2.24) is 10.2 Å². The first-order chi connectivity index (χ1) is 10.6. The predicted molar refractivity (Wildman–Crippen MR) is 87.3 cm³/mol. The number of carbonyl (C=O) groups is 1. The number of benzene rings is 1. The Bertz CT molecular complexity index is 645. The molecule has 1 spiro atoms. The molecule has 2 fully saturated rings. The van der Waals surface area contributed by atoms with Crippen molar-refractivity contribution in [2.45, 2.75) is 38.3 Å². The first kappa shape index (κ1) is 13.8. The highest BCUT2D eigenvalue weighted by atomic mass is 16.2. The van der Waals surface area contributed by atoms with Gasteiger partial charge in [-0.05, 0) is 48.3 Å². The highest BCUT2D eigenvalue weighted by molar-refractivity contribution is 5.81. The minimum atomic E-state index is 0.0638. The second-order valence-electron chi connectivity index (χ2n) is 7.15. The predicted octanol–water partition coefficient (Wildman–Crippen LogP) is 2.28. The van der Waals surface area contributed by atoms with Crippen LogP contribution in [0.25, 0.3) is 5.57 Å². The summed E-state index contributed by atoms with van der Waals surface area (Å²) in [6, 6.07) is 9.12. The molecule has 0 saturated heterocycles. The minimum absolute atomic E-state index is 0.0638. The lowest BCUT2D eigenvalue weighted by Crippen LogP contribution is -2.51. The topological polar surface area (TPSA) is 58.4 Å². The zero-order valence-electron chi connectivity index (χ0n) is 13.0. The Balaban J connectivity index is 1.32. The Kier molecular flexibility index (Phi) is 3.05. The van der Waals surface area contributed by atoms with Gasteiger partial charge < -0.3 is 16.0 Å². The molecule has 2 saturated carbocycles. The molecule has 0 radical (unpaired) electrons. The number of nitrogens with two attached hydrogens (primary N) is 1. The zero-order valence-corrected chi connectivity index (χ0v) is 13.0. The van der Waals surface area contributed by atoms with E-state index in [1.165, 1.54) is 16.7 Å². The van der Waals surface area contributed by atoms with Crippen LogP contribution in [0.15, 0.2) is 30.3 Å². The maximum Gasteiger partial charge on any atom is 0.318 e. The van der Waals surface area contributed by atoms with Gasteiger partial charge in [-0.15, -0.1) is 0 Å². The van der Waals surface area contributed by atoms with E-state index in [4.69, 9.17) is 5.73 Å². The van der Waals surface area contributed by atoms with E-state index in [-0.39, 0.29) is 6.03 Å². The Morgan fingerprint density at radius 2 is 2.05 bits per heavy atom. The van der Waals surface area contributed by atoms with Gasteiger partial charge in [0.15, 0.2) is 0 Å². The fourth-order valence-corrected chi connectivity index (χ4v) is 3.98. The first-order valence-electron chi connectivity index (χ1n) is 8.13. The summed E-state index contributed by atoms with van der Waals surface area (Å²) in [6.07, 6.45) is 5.43. The maximum absolute atomic E-state index is 12.4. The smallest absolute Gasteiger partial charge is 0.318 e. The van der Waals surface area contributed by atoms with Crippen LogP contribution in [-0.2, 0) is 0 Å². The summed E-state index contributed by atoms with van der Waals surface area (Å²) in [7, 11) is 0. The van der Waals surface area contributed by atoms with Gasteiger partial charge in [-0.3, -0.25) is 0 Å². The van der Waals surface area contributed by atoms with Crippen LogP contribution in [0.2, 0.25) is 0 Å². The van der Waals surface area contributed by atoms with Crippen LogP contribution in [0.3, 0.4) is 0 Å². The summed E-state index contributed by atoms with van der Waals surface area (Å²) in [5.74, 6) is 0. The van der Waals surface area contributed by atoms with Gasteiger partial charge in [0.2, 0.25) is 0 Å². The van der Waals surface area contributed by atoms with Crippen molar-refractivity contribution in [3.8, 4) is 0 Å². The second-order valence-corrected chi connectivity index (χ2v) is 7.15. The van der Waals surface area contributed by atoms with Crippen molar-refractivity contribution in [2.75, 3.05) is 13.1 Å². The second kappa shape index (κ2) is 4.85. The fraction of sp³-hybridized carbons (Fsp3) is 0.500. The largest absolute Gasteiger partial charge is 0.335 e. The lowest BCUT2D eigenvalue weighted by molar-refractivity contribution is 0.167. The van der Waals surface area contributed by atoms with Gasteiger partial charge in [0, 0.05) is 25.2 Å². The molecule has 1 aromatic carbocycles. The van der Waals surface area contributed by atoms with Crippen LogP contribution in [-0.4, -0.2) is 36.1 Å². The molecule has 2 aliphatic carbocycles. The molecule has 116 valence electrons. The molecule has 22 heavy (non-hydrogen) atoms. The van der Waals surface area contributed by atoms with Crippen molar-refractivity contribution in [3.05, 3.63) is 41.5 Å². The van der Waals surface area contributed by atoms with E-state index >= 15 is 0 Å². The molecule has 1 unspecified atom stereocenters. The SMILES string of the molecule is Cc1ccccc1C1=CCN(C(=O)NC2CC3(C2)CC3N)C1. The highest BCUT2D eigenvalue weighted by Crippen LogP contribution is 2.59. The molecule has 3 N–H and O–H groups in total. The third kappa shape index (κ3) is 2.22. The monoisotopic (exact) mass is 297 g/mol. The van der Waals surface area contributed by atoms with Crippen molar-refractivity contribution >= 4 is 11.6 Å². The lowest BCUT2D eigenvalue weighted by Gasteiger charge is -2.37. The Hall–Kier alpha value is -1.81.